The van der Waals surface area contributed by atoms with Gasteiger partial charge in [-0.2, -0.15) is 0 Å². The van der Waals surface area contributed by atoms with E-state index in [2.05, 4.69) is 5.32 Å². The fraction of sp³-hybridized carbons (Fsp3) is 0.310. The van der Waals surface area contributed by atoms with Crippen molar-refractivity contribution in [2.24, 2.45) is 0 Å². The van der Waals surface area contributed by atoms with E-state index in [0.29, 0.717) is 22.8 Å². The van der Waals surface area contributed by atoms with Crippen molar-refractivity contribution in [3.63, 3.8) is 0 Å². The van der Waals surface area contributed by atoms with Gasteiger partial charge in [0, 0.05) is 18.1 Å². The molecular formula is C29H34ClN3O4S. The van der Waals surface area contributed by atoms with Gasteiger partial charge in [-0.3, -0.25) is 13.9 Å². The molecule has 2 amide bonds. The summed E-state index contributed by atoms with van der Waals surface area (Å²) < 4.78 is 28.7. The molecule has 1 N–H and O–H groups in total. The van der Waals surface area contributed by atoms with Crippen molar-refractivity contribution < 1.29 is 18.0 Å². The lowest BCUT2D eigenvalue weighted by Gasteiger charge is -2.32. The van der Waals surface area contributed by atoms with E-state index in [1.54, 1.807) is 50.2 Å². The molecule has 0 heterocycles. The Bertz CT molecular complexity index is 1360. The molecule has 0 aromatic heterocycles. The minimum Gasteiger partial charge on any atom is -0.354 e. The zero-order chi connectivity index (χ0) is 27.9. The summed E-state index contributed by atoms with van der Waals surface area (Å²) in [5.74, 6) is -0.800. The van der Waals surface area contributed by atoms with E-state index in [0.717, 1.165) is 21.9 Å². The van der Waals surface area contributed by atoms with Crippen LogP contribution < -0.4 is 9.62 Å². The molecular weight excluding hydrogens is 522 g/mol. The number of carbonyl (C=O) groups excluding carboxylic acids is 2. The molecule has 38 heavy (non-hydrogen) atoms. The van der Waals surface area contributed by atoms with Crippen molar-refractivity contribution in [2.45, 2.75) is 51.6 Å². The molecule has 0 spiro atoms. The number of hydrogen-bond donors (Lipinski definition) is 1. The Morgan fingerprint density at radius 3 is 2.24 bits per heavy atom. The van der Waals surface area contributed by atoms with Gasteiger partial charge >= 0.3 is 0 Å². The van der Waals surface area contributed by atoms with Crippen LogP contribution in [0.4, 0.5) is 5.69 Å². The third-order valence-corrected chi connectivity index (χ3v) is 8.24. The summed E-state index contributed by atoms with van der Waals surface area (Å²) in [6.07, 6.45) is 0.753. The quantitative estimate of drug-likeness (QED) is 0.357. The van der Waals surface area contributed by atoms with Gasteiger partial charge in [0.15, 0.2) is 0 Å². The first-order valence-electron chi connectivity index (χ1n) is 12.5. The Morgan fingerprint density at radius 1 is 0.974 bits per heavy atom. The Kier molecular flexibility index (Phi) is 9.94. The molecule has 3 aromatic carbocycles. The normalized spacial score (nSPS) is 12.0. The van der Waals surface area contributed by atoms with E-state index >= 15 is 0 Å². The summed E-state index contributed by atoms with van der Waals surface area (Å²) in [6.45, 7) is 7.45. The fourth-order valence-corrected chi connectivity index (χ4v) is 5.73. The largest absolute Gasteiger partial charge is 0.354 e. The van der Waals surface area contributed by atoms with Crippen LogP contribution in [0.3, 0.4) is 0 Å². The lowest BCUT2D eigenvalue weighted by Crippen LogP contribution is -2.51. The predicted octanol–water partition coefficient (Wildman–Crippen LogP) is 5.10. The highest BCUT2D eigenvalue weighted by molar-refractivity contribution is 7.92. The van der Waals surface area contributed by atoms with Gasteiger partial charge in [0.2, 0.25) is 11.8 Å². The Hall–Kier alpha value is -3.36. The predicted molar refractivity (Wildman–Crippen MR) is 152 cm³/mol. The second-order valence-electron chi connectivity index (χ2n) is 9.23. The molecule has 0 aliphatic heterocycles. The third kappa shape index (κ3) is 7.14. The molecule has 0 saturated heterocycles. The van der Waals surface area contributed by atoms with Gasteiger partial charge in [-0.15, -0.1) is 0 Å². The Labute approximate surface area is 230 Å². The molecule has 0 unspecified atom stereocenters. The number of sulfonamides is 1. The van der Waals surface area contributed by atoms with Gasteiger partial charge < -0.3 is 10.2 Å². The van der Waals surface area contributed by atoms with Crippen molar-refractivity contribution in [1.82, 2.24) is 10.2 Å². The fourth-order valence-electron chi connectivity index (χ4n) is 4.00. The summed E-state index contributed by atoms with van der Waals surface area (Å²) in [7, 11) is -4.11. The third-order valence-electron chi connectivity index (χ3n) is 6.23. The second-order valence-corrected chi connectivity index (χ2v) is 11.5. The number of nitrogens with one attached hydrogen (secondary N) is 1. The first kappa shape index (κ1) is 29.2. The van der Waals surface area contributed by atoms with Crippen LogP contribution in [-0.2, 0) is 26.2 Å². The van der Waals surface area contributed by atoms with Crippen LogP contribution in [0.1, 0.15) is 37.0 Å². The number of rotatable bonds is 11. The van der Waals surface area contributed by atoms with Crippen molar-refractivity contribution in [3.05, 3.63) is 94.5 Å². The Balaban J connectivity index is 2.03. The lowest BCUT2D eigenvalue weighted by atomic mass is 10.1. The molecule has 0 bridgehead atoms. The van der Waals surface area contributed by atoms with Crippen LogP contribution in [0.2, 0.25) is 5.02 Å². The van der Waals surface area contributed by atoms with E-state index in [1.165, 1.54) is 17.0 Å². The smallest absolute Gasteiger partial charge is 0.264 e. The van der Waals surface area contributed by atoms with Crippen LogP contribution in [0, 0.1) is 13.8 Å². The molecule has 0 aliphatic carbocycles. The van der Waals surface area contributed by atoms with Crippen LogP contribution in [-0.4, -0.2) is 44.3 Å². The number of anilines is 1. The topological polar surface area (TPSA) is 86.8 Å². The van der Waals surface area contributed by atoms with Crippen molar-refractivity contribution in [2.75, 3.05) is 17.4 Å². The highest BCUT2D eigenvalue weighted by Gasteiger charge is 2.33. The number of aryl methyl sites for hydroxylation is 2. The Morgan fingerprint density at radius 2 is 1.63 bits per heavy atom. The van der Waals surface area contributed by atoms with Crippen LogP contribution >= 0.6 is 11.6 Å². The van der Waals surface area contributed by atoms with Gasteiger partial charge in [-0.05, 0) is 68.7 Å². The standard InChI is InChI=1S/C29H34ClN3O4S/c1-5-17-31-29(35)23(4)32(19-24-13-11-21(2)12-14-24)28(34)20-33(27-16-15-25(30)18-22(27)3)38(36,37)26-9-7-6-8-10-26/h6-16,18,23H,5,17,19-20H2,1-4H3,(H,31,35)/t23-/m0/s1. The average molecular weight is 556 g/mol. The summed E-state index contributed by atoms with van der Waals surface area (Å²) in [5.41, 5.74) is 2.84. The molecule has 0 aliphatic rings. The number of hydrogen-bond acceptors (Lipinski definition) is 4. The van der Waals surface area contributed by atoms with E-state index in [-0.39, 0.29) is 17.3 Å². The molecule has 7 nitrogen and oxygen atoms in total. The van der Waals surface area contributed by atoms with Gasteiger partial charge in [-0.1, -0.05) is 66.6 Å². The summed E-state index contributed by atoms with van der Waals surface area (Å²) >= 11 is 6.14. The molecule has 202 valence electrons. The van der Waals surface area contributed by atoms with E-state index in [1.807, 2.05) is 38.1 Å². The number of amides is 2. The number of halogens is 1. The molecule has 3 aromatic rings. The lowest BCUT2D eigenvalue weighted by molar-refractivity contribution is -0.139. The van der Waals surface area contributed by atoms with Crippen LogP contribution in [0.5, 0.6) is 0 Å². The van der Waals surface area contributed by atoms with E-state index < -0.39 is 28.5 Å². The summed E-state index contributed by atoms with van der Waals surface area (Å²) in [6, 6.07) is 19.6. The zero-order valence-corrected chi connectivity index (χ0v) is 23.7. The maximum absolute atomic E-state index is 13.9. The minimum atomic E-state index is -4.11. The molecule has 3 rings (SSSR count). The summed E-state index contributed by atoms with van der Waals surface area (Å²) in [5, 5.41) is 3.29. The summed E-state index contributed by atoms with van der Waals surface area (Å²) in [4.78, 5) is 28.3. The van der Waals surface area contributed by atoms with E-state index in [9.17, 15) is 18.0 Å². The van der Waals surface area contributed by atoms with Crippen molar-refractivity contribution in [3.8, 4) is 0 Å². The van der Waals surface area contributed by atoms with Crippen LogP contribution in [0.25, 0.3) is 0 Å². The minimum absolute atomic E-state index is 0.0565. The van der Waals surface area contributed by atoms with Crippen molar-refractivity contribution in [1.29, 1.82) is 0 Å². The average Bonchev–Trinajstić information content (AvgIpc) is 2.90. The van der Waals surface area contributed by atoms with E-state index in [4.69, 9.17) is 11.6 Å². The van der Waals surface area contributed by atoms with Gasteiger partial charge in [-0.25, -0.2) is 8.42 Å². The molecule has 0 radical (unpaired) electrons. The second kappa shape index (κ2) is 12.9. The highest BCUT2D eigenvalue weighted by atomic mass is 35.5. The highest BCUT2D eigenvalue weighted by Crippen LogP contribution is 2.29. The van der Waals surface area contributed by atoms with Crippen molar-refractivity contribution >= 4 is 39.1 Å². The maximum atomic E-state index is 13.9. The zero-order valence-electron chi connectivity index (χ0n) is 22.1. The van der Waals surface area contributed by atoms with Gasteiger partial charge in [0.25, 0.3) is 10.0 Å². The number of carbonyl (C=O) groups is 2. The first-order chi connectivity index (χ1) is 18.0. The number of nitrogens with zero attached hydrogens (tertiary/aromatic N) is 2. The van der Waals surface area contributed by atoms with Crippen LogP contribution in [0.15, 0.2) is 77.7 Å². The molecule has 9 heteroatoms. The van der Waals surface area contributed by atoms with Gasteiger partial charge in [0.1, 0.15) is 12.6 Å². The number of benzene rings is 3. The molecule has 0 fully saturated rings. The van der Waals surface area contributed by atoms with Gasteiger partial charge in [0.05, 0.1) is 10.6 Å². The maximum Gasteiger partial charge on any atom is 0.264 e. The first-order valence-corrected chi connectivity index (χ1v) is 14.3. The SMILES string of the molecule is CCCNC(=O)[C@H](C)N(Cc1ccc(C)cc1)C(=O)CN(c1ccc(Cl)cc1C)S(=O)(=O)c1ccccc1. The molecule has 1 atom stereocenters. The monoisotopic (exact) mass is 555 g/mol. The molecule has 0 saturated carbocycles.